The van der Waals surface area contributed by atoms with Crippen molar-refractivity contribution in [2.75, 3.05) is 7.11 Å². The number of para-hydroxylation sites is 1. The van der Waals surface area contributed by atoms with Crippen molar-refractivity contribution >= 4 is 5.71 Å². The topological polar surface area (TPSA) is 33.6 Å². The monoisotopic (exact) mass is 252 g/mol. The van der Waals surface area contributed by atoms with Gasteiger partial charge in [-0.3, -0.25) is 0 Å². The highest BCUT2D eigenvalue weighted by atomic mass is 16.5. The first-order valence-corrected chi connectivity index (χ1v) is 6.39. The molecule has 0 fully saturated rings. The highest BCUT2D eigenvalue weighted by Crippen LogP contribution is 2.30. The summed E-state index contributed by atoms with van der Waals surface area (Å²) in [7, 11) is 1.70. The van der Waals surface area contributed by atoms with E-state index in [0.717, 1.165) is 23.4 Å². The maximum absolute atomic E-state index is 5.41. The maximum atomic E-state index is 5.41. The Balaban J connectivity index is 1.81. The largest absolute Gasteiger partial charge is 0.496 e. The Hall–Kier alpha value is -2.29. The van der Waals surface area contributed by atoms with Crippen LogP contribution in [0.4, 0.5) is 0 Å². The van der Waals surface area contributed by atoms with Crippen molar-refractivity contribution in [3.05, 3.63) is 65.7 Å². The van der Waals surface area contributed by atoms with E-state index in [1.54, 1.807) is 7.11 Å². The highest BCUT2D eigenvalue weighted by molar-refractivity contribution is 6.01. The van der Waals surface area contributed by atoms with E-state index in [1.165, 1.54) is 5.56 Å². The minimum Gasteiger partial charge on any atom is -0.496 e. The first-order chi connectivity index (χ1) is 9.38. The molecule has 1 aliphatic rings. The molecule has 1 aliphatic heterocycles. The van der Waals surface area contributed by atoms with Gasteiger partial charge >= 0.3 is 0 Å². The standard InChI is InChI=1S/C16H16N2O/c1-19-16-10-6-5-9-13(16)15-11-14(17-18-15)12-7-3-2-4-8-12/h2-10,15,18H,11H2,1H3. The fourth-order valence-electron chi connectivity index (χ4n) is 2.39. The molecule has 0 spiro atoms. The molecule has 1 heterocycles. The fraction of sp³-hybridized carbons (Fsp3) is 0.188. The Bertz CT molecular complexity index is 593. The fourth-order valence-corrected chi connectivity index (χ4v) is 2.39. The number of benzene rings is 2. The summed E-state index contributed by atoms with van der Waals surface area (Å²) in [4.78, 5) is 0. The SMILES string of the molecule is COc1ccccc1C1CC(c2ccccc2)=NN1. The Morgan fingerprint density at radius 3 is 2.58 bits per heavy atom. The van der Waals surface area contributed by atoms with Gasteiger partial charge in [0.05, 0.1) is 18.9 Å². The molecule has 2 aromatic carbocycles. The zero-order valence-corrected chi connectivity index (χ0v) is 10.8. The van der Waals surface area contributed by atoms with Gasteiger partial charge in [0.15, 0.2) is 0 Å². The van der Waals surface area contributed by atoms with Crippen LogP contribution in [-0.2, 0) is 0 Å². The van der Waals surface area contributed by atoms with Gasteiger partial charge in [0.1, 0.15) is 5.75 Å². The van der Waals surface area contributed by atoms with Crippen molar-refractivity contribution in [3.8, 4) is 5.75 Å². The number of ether oxygens (including phenoxy) is 1. The van der Waals surface area contributed by atoms with Crippen LogP contribution in [0.3, 0.4) is 0 Å². The smallest absolute Gasteiger partial charge is 0.124 e. The van der Waals surface area contributed by atoms with E-state index in [0.29, 0.717) is 0 Å². The summed E-state index contributed by atoms with van der Waals surface area (Å²) in [5.41, 5.74) is 6.62. The molecule has 0 radical (unpaired) electrons. The van der Waals surface area contributed by atoms with Crippen LogP contribution in [-0.4, -0.2) is 12.8 Å². The van der Waals surface area contributed by atoms with E-state index in [-0.39, 0.29) is 6.04 Å². The van der Waals surface area contributed by atoms with Crippen molar-refractivity contribution in [1.82, 2.24) is 5.43 Å². The van der Waals surface area contributed by atoms with E-state index < -0.39 is 0 Å². The normalized spacial score (nSPS) is 17.7. The lowest BCUT2D eigenvalue weighted by Gasteiger charge is -2.14. The average molecular weight is 252 g/mol. The lowest BCUT2D eigenvalue weighted by Crippen LogP contribution is -2.11. The van der Waals surface area contributed by atoms with Crippen molar-refractivity contribution in [2.24, 2.45) is 5.10 Å². The molecule has 1 N–H and O–H groups in total. The van der Waals surface area contributed by atoms with Gasteiger partial charge in [-0.05, 0) is 11.6 Å². The van der Waals surface area contributed by atoms with Gasteiger partial charge in [0.2, 0.25) is 0 Å². The minimum atomic E-state index is 0.186. The summed E-state index contributed by atoms with van der Waals surface area (Å²) in [6.07, 6.45) is 0.879. The Labute approximate surface area is 112 Å². The minimum absolute atomic E-state index is 0.186. The molecule has 0 bridgehead atoms. The van der Waals surface area contributed by atoms with Crippen LogP contribution in [0.5, 0.6) is 5.75 Å². The van der Waals surface area contributed by atoms with Crippen LogP contribution in [0.25, 0.3) is 0 Å². The number of hydrogen-bond acceptors (Lipinski definition) is 3. The number of nitrogens with one attached hydrogen (secondary N) is 1. The molecule has 3 heteroatoms. The molecule has 19 heavy (non-hydrogen) atoms. The molecule has 0 saturated heterocycles. The van der Waals surface area contributed by atoms with E-state index in [4.69, 9.17) is 4.74 Å². The van der Waals surface area contributed by atoms with Gasteiger partial charge in [-0.25, -0.2) is 0 Å². The molecule has 0 saturated carbocycles. The molecule has 96 valence electrons. The molecule has 1 atom stereocenters. The second kappa shape index (κ2) is 5.14. The van der Waals surface area contributed by atoms with Gasteiger partial charge in [0.25, 0.3) is 0 Å². The Morgan fingerprint density at radius 1 is 1.05 bits per heavy atom. The molecular weight excluding hydrogens is 236 g/mol. The Morgan fingerprint density at radius 2 is 1.79 bits per heavy atom. The van der Waals surface area contributed by atoms with Gasteiger partial charge in [-0.2, -0.15) is 5.10 Å². The van der Waals surface area contributed by atoms with E-state index in [2.05, 4.69) is 28.7 Å². The van der Waals surface area contributed by atoms with Crippen LogP contribution in [0.15, 0.2) is 59.7 Å². The van der Waals surface area contributed by atoms with E-state index in [9.17, 15) is 0 Å². The number of hydrazone groups is 1. The summed E-state index contributed by atoms with van der Waals surface area (Å²) < 4.78 is 5.41. The number of rotatable bonds is 3. The van der Waals surface area contributed by atoms with Crippen molar-refractivity contribution < 1.29 is 4.74 Å². The van der Waals surface area contributed by atoms with Crippen molar-refractivity contribution in [3.63, 3.8) is 0 Å². The van der Waals surface area contributed by atoms with Crippen LogP contribution in [0.2, 0.25) is 0 Å². The van der Waals surface area contributed by atoms with Gasteiger partial charge in [-0.1, -0.05) is 48.5 Å². The first kappa shape index (κ1) is 11.8. The summed E-state index contributed by atoms with van der Waals surface area (Å²) in [6.45, 7) is 0. The molecular formula is C16H16N2O. The molecule has 0 aromatic heterocycles. The van der Waals surface area contributed by atoms with Crippen LogP contribution >= 0.6 is 0 Å². The van der Waals surface area contributed by atoms with E-state index in [1.807, 2.05) is 36.4 Å². The number of methoxy groups -OCH3 is 1. The summed E-state index contributed by atoms with van der Waals surface area (Å²) >= 11 is 0. The third-order valence-corrected chi connectivity index (χ3v) is 3.37. The zero-order valence-electron chi connectivity index (χ0n) is 10.8. The number of hydrogen-bond donors (Lipinski definition) is 1. The predicted molar refractivity (Wildman–Crippen MR) is 76.5 cm³/mol. The second-order valence-electron chi connectivity index (χ2n) is 4.55. The molecule has 3 nitrogen and oxygen atoms in total. The summed E-state index contributed by atoms with van der Waals surface area (Å²) in [5, 5.41) is 4.45. The van der Waals surface area contributed by atoms with Gasteiger partial charge in [0, 0.05) is 12.0 Å². The molecule has 3 rings (SSSR count). The first-order valence-electron chi connectivity index (χ1n) is 6.39. The summed E-state index contributed by atoms with van der Waals surface area (Å²) in [6, 6.07) is 18.5. The zero-order chi connectivity index (χ0) is 13.1. The maximum Gasteiger partial charge on any atom is 0.124 e. The lowest BCUT2D eigenvalue weighted by molar-refractivity contribution is 0.402. The lowest BCUT2D eigenvalue weighted by atomic mass is 9.98. The van der Waals surface area contributed by atoms with Gasteiger partial charge < -0.3 is 10.2 Å². The van der Waals surface area contributed by atoms with Crippen molar-refractivity contribution in [2.45, 2.75) is 12.5 Å². The van der Waals surface area contributed by atoms with Crippen molar-refractivity contribution in [1.29, 1.82) is 0 Å². The predicted octanol–water partition coefficient (Wildman–Crippen LogP) is 3.13. The molecule has 0 aliphatic carbocycles. The van der Waals surface area contributed by atoms with Gasteiger partial charge in [-0.15, -0.1) is 0 Å². The van der Waals surface area contributed by atoms with Crippen LogP contribution in [0.1, 0.15) is 23.6 Å². The highest BCUT2D eigenvalue weighted by Gasteiger charge is 2.23. The third-order valence-electron chi connectivity index (χ3n) is 3.37. The molecule has 2 aromatic rings. The quantitative estimate of drug-likeness (QED) is 0.910. The second-order valence-corrected chi connectivity index (χ2v) is 4.55. The van der Waals surface area contributed by atoms with Crippen LogP contribution in [0, 0.1) is 0 Å². The molecule has 0 amide bonds. The average Bonchev–Trinajstić information content (AvgIpc) is 2.98. The Kier molecular flexibility index (Phi) is 3.19. The van der Waals surface area contributed by atoms with Crippen LogP contribution < -0.4 is 10.2 Å². The summed E-state index contributed by atoms with van der Waals surface area (Å²) in [5.74, 6) is 0.907. The molecule has 1 unspecified atom stereocenters. The number of nitrogens with zero attached hydrogens (tertiary/aromatic N) is 1. The van der Waals surface area contributed by atoms with E-state index >= 15 is 0 Å². The third kappa shape index (κ3) is 2.32.